The molecule has 3 aromatic carbocycles. The van der Waals surface area contributed by atoms with Crippen molar-refractivity contribution in [2.24, 2.45) is 0 Å². The lowest BCUT2D eigenvalue weighted by molar-refractivity contribution is -0.384. The fourth-order valence-electron chi connectivity index (χ4n) is 3.54. The van der Waals surface area contributed by atoms with E-state index in [-0.39, 0.29) is 28.4 Å². The van der Waals surface area contributed by atoms with Gasteiger partial charge in [-0.15, -0.1) is 0 Å². The first-order valence-electron chi connectivity index (χ1n) is 10.7. The Bertz CT molecular complexity index is 1500. The van der Waals surface area contributed by atoms with Crippen molar-refractivity contribution >= 4 is 36.3 Å². The molecule has 0 atom stereocenters. The number of ether oxygens (including phenoxy) is 1. The molecule has 0 saturated heterocycles. The van der Waals surface area contributed by atoms with Gasteiger partial charge in [0.25, 0.3) is 5.69 Å². The van der Waals surface area contributed by atoms with Crippen LogP contribution in [0.1, 0.15) is 32.9 Å². The van der Waals surface area contributed by atoms with E-state index in [4.69, 9.17) is 4.74 Å². The van der Waals surface area contributed by atoms with E-state index in [0.29, 0.717) is 29.0 Å². The molecule has 2 N–H and O–H groups in total. The van der Waals surface area contributed by atoms with Gasteiger partial charge < -0.3 is 14.9 Å². The molecule has 0 aliphatic rings. The molecule has 0 spiro atoms. The number of para-hydroxylation sites is 2. The van der Waals surface area contributed by atoms with E-state index in [1.165, 1.54) is 36.1 Å². The summed E-state index contributed by atoms with van der Waals surface area (Å²) in [4.78, 5) is 22.3. The first kappa shape index (κ1) is 24.0. The molecule has 0 aliphatic carbocycles. The van der Waals surface area contributed by atoms with Crippen LogP contribution in [0.3, 0.4) is 0 Å². The zero-order valence-electron chi connectivity index (χ0n) is 19.1. The zero-order chi connectivity index (χ0) is 25.7. The van der Waals surface area contributed by atoms with E-state index in [1.54, 1.807) is 66.8 Å². The summed E-state index contributed by atoms with van der Waals surface area (Å²) < 4.78 is 6.62. The Morgan fingerprint density at radius 2 is 1.61 bits per heavy atom. The van der Waals surface area contributed by atoms with Crippen LogP contribution >= 0.6 is 0 Å². The third-order valence-electron chi connectivity index (χ3n) is 5.34. The van der Waals surface area contributed by atoms with Crippen LogP contribution in [-0.2, 0) is 0 Å². The second kappa shape index (κ2) is 10.4. The minimum Gasteiger partial charge on any atom is -0.507 e. The van der Waals surface area contributed by atoms with Crippen molar-refractivity contribution < 1.29 is 24.7 Å². The quantitative estimate of drug-likeness (QED) is 0.196. The Morgan fingerprint density at radius 1 is 0.917 bits per heavy atom. The number of aromatic nitrogens is 2. The number of methoxy groups -OCH3 is 1. The van der Waals surface area contributed by atoms with Crippen LogP contribution in [0.4, 0.5) is 5.69 Å². The summed E-state index contributed by atoms with van der Waals surface area (Å²) in [5.74, 6) is 0.219. The van der Waals surface area contributed by atoms with Crippen molar-refractivity contribution in [3.05, 3.63) is 105 Å². The summed E-state index contributed by atoms with van der Waals surface area (Å²) in [7, 11) is 1.46. The lowest BCUT2D eigenvalue weighted by atomic mass is 10.1. The molecule has 9 heteroatoms. The van der Waals surface area contributed by atoms with Gasteiger partial charge in [0.15, 0.2) is 17.8 Å². The maximum Gasteiger partial charge on any atom is 0.294 e. The van der Waals surface area contributed by atoms with Gasteiger partial charge in [0.2, 0.25) is 0 Å². The number of carbonyl (C=O) groups excluding carboxylic acids is 1. The number of phenolic OH excluding ortho intramolecular Hbond substituents is 2. The summed E-state index contributed by atoms with van der Waals surface area (Å²) in [5.41, 5.74) is 2.83. The number of carbonyl (C=O) groups is 1. The molecule has 0 aliphatic heterocycles. The van der Waals surface area contributed by atoms with Crippen molar-refractivity contribution in [3.63, 3.8) is 0 Å². The lowest BCUT2D eigenvalue weighted by Crippen LogP contribution is -2.03. The fourth-order valence-corrected chi connectivity index (χ4v) is 3.54. The highest BCUT2D eigenvalue weighted by Crippen LogP contribution is 2.28. The normalized spacial score (nSPS) is 11.2. The predicted molar refractivity (Wildman–Crippen MR) is 136 cm³/mol. The molecule has 0 saturated carbocycles. The summed E-state index contributed by atoms with van der Waals surface area (Å²) in [6, 6.07) is 17.5. The van der Waals surface area contributed by atoms with Gasteiger partial charge in [-0.2, -0.15) is 5.10 Å². The average Bonchev–Trinajstić information content (AvgIpc) is 3.30. The summed E-state index contributed by atoms with van der Waals surface area (Å²) in [6.45, 7) is 0. The molecule has 1 aromatic heterocycles. The van der Waals surface area contributed by atoms with Gasteiger partial charge in [-0.1, -0.05) is 36.4 Å². The highest BCUT2D eigenvalue weighted by atomic mass is 16.6. The number of aldehydes is 1. The van der Waals surface area contributed by atoms with Gasteiger partial charge in [-0.3, -0.25) is 14.9 Å². The summed E-state index contributed by atoms with van der Waals surface area (Å²) in [5, 5.41) is 35.7. The summed E-state index contributed by atoms with van der Waals surface area (Å²) >= 11 is 0. The maximum atomic E-state index is 11.6. The number of benzene rings is 3. The SMILES string of the molecule is COc1cc(/C=C/c2cc(/C=C/c3ccc(O)c(C=O)c3)nn2-c2ccccc2[N+](=O)[O-])ccc1O. The summed E-state index contributed by atoms with van der Waals surface area (Å²) in [6.07, 6.45) is 7.51. The number of nitrogens with zero attached hydrogens (tertiary/aromatic N) is 3. The number of aromatic hydroxyl groups is 2. The van der Waals surface area contributed by atoms with Crippen molar-refractivity contribution in [3.8, 4) is 22.9 Å². The van der Waals surface area contributed by atoms with E-state index >= 15 is 0 Å². The molecule has 9 nitrogen and oxygen atoms in total. The molecule has 180 valence electrons. The molecule has 0 unspecified atom stereocenters. The van der Waals surface area contributed by atoms with Gasteiger partial charge in [-0.25, -0.2) is 4.68 Å². The van der Waals surface area contributed by atoms with Gasteiger partial charge in [0.1, 0.15) is 11.4 Å². The smallest absolute Gasteiger partial charge is 0.294 e. The molecular weight excluding hydrogens is 462 g/mol. The third-order valence-corrected chi connectivity index (χ3v) is 5.34. The molecule has 0 amide bonds. The van der Waals surface area contributed by atoms with E-state index in [2.05, 4.69) is 5.10 Å². The first-order chi connectivity index (χ1) is 17.4. The molecule has 4 rings (SSSR count). The van der Waals surface area contributed by atoms with Crippen molar-refractivity contribution in [1.29, 1.82) is 0 Å². The third kappa shape index (κ3) is 5.15. The van der Waals surface area contributed by atoms with Crippen LogP contribution in [0, 0.1) is 10.1 Å². The van der Waals surface area contributed by atoms with Crippen LogP contribution in [0.2, 0.25) is 0 Å². The Morgan fingerprint density at radius 3 is 2.33 bits per heavy atom. The van der Waals surface area contributed by atoms with Crippen LogP contribution < -0.4 is 4.74 Å². The van der Waals surface area contributed by atoms with E-state index < -0.39 is 4.92 Å². The number of hydrogen-bond donors (Lipinski definition) is 2. The Kier molecular flexibility index (Phi) is 6.92. The maximum absolute atomic E-state index is 11.6. The van der Waals surface area contributed by atoms with E-state index in [9.17, 15) is 25.1 Å². The van der Waals surface area contributed by atoms with Crippen LogP contribution in [0.5, 0.6) is 17.2 Å². The second-order valence-electron chi connectivity index (χ2n) is 7.69. The van der Waals surface area contributed by atoms with Gasteiger partial charge in [0, 0.05) is 6.07 Å². The monoisotopic (exact) mass is 483 g/mol. The highest BCUT2D eigenvalue weighted by Gasteiger charge is 2.17. The van der Waals surface area contributed by atoms with E-state index in [1.807, 2.05) is 0 Å². The Hall–Kier alpha value is -5.18. The van der Waals surface area contributed by atoms with Crippen molar-refractivity contribution in [1.82, 2.24) is 9.78 Å². The molecule has 0 fully saturated rings. The Labute approximate surface area is 206 Å². The standard InChI is InChI=1S/C27H21N3O6/c1-36-27-15-19(9-13-26(27)33)7-11-22-16-21(10-6-18-8-12-25(32)20(14-18)17-31)28-29(22)23-4-2-3-5-24(23)30(34)35/h2-17,32-33H,1H3/b10-6+,11-7+. The first-order valence-corrected chi connectivity index (χ1v) is 10.7. The number of nitro groups is 1. The highest BCUT2D eigenvalue weighted by molar-refractivity contribution is 5.82. The minimum absolute atomic E-state index is 0.0130. The van der Waals surface area contributed by atoms with Crippen LogP contribution in [0.25, 0.3) is 30.0 Å². The van der Waals surface area contributed by atoms with Gasteiger partial charge >= 0.3 is 0 Å². The van der Waals surface area contributed by atoms with Crippen molar-refractivity contribution in [2.45, 2.75) is 0 Å². The van der Waals surface area contributed by atoms with Crippen molar-refractivity contribution in [2.75, 3.05) is 7.11 Å². The number of rotatable bonds is 8. The zero-order valence-corrected chi connectivity index (χ0v) is 19.1. The minimum atomic E-state index is -0.470. The largest absolute Gasteiger partial charge is 0.507 e. The molecule has 0 bridgehead atoms. The molecular formula is C27H21N3O6. The number of hydrogen-bond acceptors (Lipinski definition) is 7. The van der Waals surface area contributed by atoms with E-state index in [0.717, 1.165) is 5.56 Å². The second-order valence-corrected chi connectivity index (χ2v) is 7.69. The fraction of sp³-hybridized carbons (Fsp3) is 0.0370. The topological polar surface area (TPSA) is 128 Å². The predicted octanol–water partition coefficient (Wildman–Crippen LogP) is 5.35. The molecule has 36 heavy (non-hydrogen) atoms. The lowest BCUT2D eigenvalue weighted by Gasteiger charge is -2.06. The molecule has 1 heterocycles. The number of nitro benzene ring substituents is 1. The van der Waals surface area contributed by atoms with Gasteiger partial charge in [-0.05, 0) is 59.7 Å². The van der Waals surface area contributed by atoms with Crippen LogP contribution in [-0.4, -0.2) is 38.3 Å². The molecule has 4 aromatic rings. The van der Waals surface area contributed by atoms with Crippen LogP contribution in [0.15, 0.2) is 66.7 Å². The average molecular weight is 483 g/mol. The number of phenols is 2. The Balaban J connectivity index is 1.77. The van der Waals surface area contributed by atoms with Gasteiger partial charge in [0.05, 0.1) is 29.0 Å². The molecule has 0 radical (unpaired) electrons.